The molecule has 0 amide bonds. The van der Waals surface area contributed by atoms with E-state index >= 15 is 0 Å². The minimum absolute atomic E-state index is 0.501. The van der Waals surface area contributed by atoms with Crippen LogP contribution < -0.4 is 0 Å². The van der Waals surface area contributed by atoms with Gasteiger partial charge in [0.15, 0.2) is 0 Å². The summed E-state index contributed by atoms with van der Waals surface area (Å²) in [7, 11) is 0. The number of ketones is 1. The average molecular weight is 242 g/mol. The van der Waals surface area contributed by atoms with E-state index < -0.39 is 0 Å². The van der Waals surface area contributed by atoms with Crippen LogP contribution in [0, 0.1) is 5.92 Å². The molecule has 0 saturated heterocycles. The molecule has 0 aliphatic heterocycles. The van der Waals surface area contributed by atoms with E-state index in [1.807, 2.05) is 0 Å². The summed E-state index contributed by atoms with van der Waals surface area (Å²) in [5.41, 5.74) is 2.93. The van der Waals surface area contributed by atoms with Gasteiger partial charge in [0.2, 0.25) is 0 Å². The van der Waals surface area contributed by atoms with Gasteiger partial charge in [-0.05, 0) is 42.2 Å². The Bertz CT molecular complexity index is 431. The number of carbonyl (C=O) groups is 1. The third kappa shape index (κ3) is 2.50. The van der Waals surface area contributed by atoms with Gasteiger partial charge in [0.25, 0.3) is 0 Å². The number of hydrogen-bond acceptors (Lipinski definition) is 1. The van der Waals surface area contributed by atoms with Gasteiger partial charge in [-0.2, -0.15) is 0 Å². The van der Waals surface area contributed by atoms with Crippen LogP contribution in [-0.4, -0.2) is 5.78 Å². The molecule has 1 fully saturated rings. The van der Waals surface area contributed by atoms with Gasteiger partial charge < -0.3 is 0 Å². The van der Waals surface area contributed by atoms with Crippen molar-refractivity contribution in [1.29, 1.82) is 0 Å². The number of carbonyl (C=O) groups excluding carboxylic acids is 1. The van der Waals surface area contributed by atoms with Gasteiger partial charge in [-0.25, -0.2) is 0 Å². The molecule has 2 aliphatic carbocycles. The summed E-state index contributed by atoms with van der Waals surface area (Å²) in [4.78, 5) is 12.1. The molecule has 2 aliphatic rings. The molecule has 1 aromatic carbocycles. The van der Waals surface area contributed by atoms with E-state index in [1.54, 1.807) is 0 Å². The van der Waals surface area contributed by atoms with E-state index in [-0.39, 0.29) is 0 Å². The third-order valence-electron chi connectivity index (χ3n) is 4.71. The van der Waals surface area contributed by atoms with Gasteiger partial charge in [0, 0.05) is 12.8 Å². The van der Waals surface area contributed by atoms with Crippen LogP contribution in [0.25, 0.3) is 0 Å². The minimum Gasteiger partial charge on any atom is -0.300 e. The van der Waals surface area contributed by atoms with Gasteiger partial charge >= 0.3 is 0 Å². The number of Topliss-reactive ketones (excluding diaryl/α,β-unsaturated/α-hetero) is 1. The first-order chi connectivity index (χ1) is 8.83. The minimum atomic E-state index is 0.501. The topological polar surface area (TPSA) is 17.1 Å². The molecule has 1 saturated carbocycles. The Hall–Kier alpha value is -1.11. The molecule has 0 spiro atoms. The van der Waals surface area contributed by atoms with Crippen LogP contribution in [0.2, 0.25) is 0 Å². The second kappa shape index (κ2) is 5.26. The zero-order valence-corrected chi connectivity index (χ0v) is 11.0. The predicted octanol–water partition coefficient (Wildman–Crippen LogP) is 4.26. The number of fused-ring (bicyclic) bond motifs is 1. The Morgan fingerprint density at radius 3 is 2.67 bits per heavy atom. The van der Waals surface area contributed by atoms with E-state index in [2.05, 4.69) is 24.3 Å². The lowest BCUT2D eigenvalue weighted by Gasteiger charge is -2.27. The number of rotatable bonds is 4. The highest BCUT2D eigenvalue weighted by molar-refractivity contribution is 5.79. The molecule has 0 N–H and O–H groups in total. The summed E-state index contributed by atoms with van der Waals surface area (Å²) < 4.78 is 0. The van der Waals surface area contributed by atoms with Crippen LogP contribution >= 0.6 is 0 Å². The molecular formula is C17H22O. The largest absolute Gasteiger partial charge is 0.300 e. The fraction of sp³-hybridized carbons (Fsp3) is 0.588. The standard InChI is InChI=1S/C17H22O/c18-16(11-13-5-3-6-13)12-15-9-4-8-14-7-1-2-10-17(14)15/h1-2,7,10,13,15H,3-6,8-9,11-12H2. The second-order valence-corrected chi connectivity index (χ2v) is 6.03. The smallest absolute Gasteiger partial charge is 0.133 e. The molecule has 1 unspecified atom stereocenters. The lowest BCUT2D eigenvalue weighted by atomic mass is 9.77. The summed E-state index contributed by atoms with van der Waals surface area (Å²) in [6.45, 7) is 0. The molecule has 0 heterocycles. The molecule has 0 bridgehead atoms. The van der Waals surface area contributed by atoms with Gasteiger partial charge in [0.05, 0.1) is 0 Å². The van der Waals surface area contributed by atoms with E-state index in [4.69, 9.17) is 0 Å². The van der Waals surface area contributed by atoms with Crippen LogP contribution in [-0.2, 0) is 11.2 Å². The highest BCUT2D eigenvalue weighted by Gasteiger charge is 2.25. The van der Waals surface area contributed by atoms with Crippen LogP contribution in [0.1, 0.15) is 62.0 Å². The maximum Gasteiger partial charge on any atom is 0.133 e. The molecule has 1 heteroatoms. The van der Waals surface area contributed by atoms with E-state index in [0.29, 0.717) is 11.7 Å². The number of aryl methyl sites for hydroxylation is 1. The first kappa shape index (κ1) is 12.0. The van der Waals surface area contributed by atoms with Gasteiger partial charge in [-0.1, -0.05) is 43.5 Å². The zero-order valence-electron chi connectivity index (χ0n) is 11.0. The van der Waals surface area contributed by atoms with Crippen LogP contribution in [0.3, 0.4) is 0 Å². The summed E-state index contributed by atoms with van der Waals surface area (Å²) >= 11 is 0. The van der Waals surface area contributed by atoms with E-state index in [1.165, 1.54) is 49.7 Å². The van der Waals surface area contributed by atoms with Crippen molar-refractivity contribution >= 4 is 5.78 Å². The maximum atomic E-state index is 12.1. The Morgan fingerprint density at radius 1 is 1.06 bits per heavy atom. The highest BCUT2D eigenvalue weighted by Crippen LogP contribution is 2.36. The van der Waals surface area contributed by atoms with Crippen LogP contribution in [0.5, 0.6) is 0 Å². The lowest BCUT2D eigenvalue weighted by molar-refractivity contribution is -0.121. The van der Waals surface area contributed by atoms with Crippen molar-refractivity contribution < 1.29 is 4.79 Å². The molecule has 1 atom stereocenters. The summed E-state index contributed by atoms with van der Waals surface area (Å²) in [6.07, 6.45) is 9.19. The zero-order chi connectivity index (χ0) is 12.4. The number of hydrogen-bond donors (Lipinski definition) is 0. The molecule has 1 nitrogen and oxygen atoms in total. The van der Waals surface area contributed by atoms with Crippen molar-refractivity contribution in [2.45, 2.75) is 57.3 Å². The Balaban J connectivity index is 1.64. The van der Waals surface area contributed by atoms with E-state index in [0.717, 1.165) is 18.8 Å². The van der Waals surface area contributed by atoms with Crippen LogP contribution in [0.4, 0.5) is 0 Å². The first-order valence-electron chi connectivity index (χ1n) is 7.42. The van der Waals surface area contributed by atoms with Gasteiger partial charge in [-0.3, -0.25) is 4.79 Å². The van der Waals surface area contributed by atoms with Crippen molar-refractivity contribution in [1.82, 2.24) is 0 Å². The molecule has 96 valence electrons. The first-order valence-corrected chi connectivity index (χ1v) is 7.42. The van der Waals surface area contributed by atoms with Crippen LogP contribution in [0.15, 0.2) is 24.3 Å². The summed E-state index contributed by atoms with van der Waals surface area (Å²) in [6, 6.07) is 8.71. The molecule has 0 aromatic heterocycles. The lowest BCUT2D eigenvalue weighted by Crippen LogP contribution is -2.19. The Labute approximate surface area is 110 Å². The molecule has 1 aromatic rings. The normalized spacial score (nSPS) is 23.2. The quantitative estimate of drug-likeness (QED) is 0.771. The van der Waals surface area contributed by atoms with Crippen molar-refractivity contribution in [3.05, 3.63) is 35.4 Å². The molecule has 3 rings (SSSR count). The van der Waals surface area contributed by atoms with E-state index in [9.17, 15) is 4.79 Å². The van der Waals surface area contributed by atoms with Gasteiger partial charge in [-0.15, -0.1) is 0 Å². The highest BCUT2D eigenvalue weighted by atomic mass is 16.1. The summed E-state index contributed by atoms with van der Waals surface area (Å²) in [5.74, 6) is 1.72. The third-order valence-corrected chi connectivity index (χ3v) is 4.71. The number of benzene rings is 1. The van der Waals surface area contributed by atoms with Crippen molar-refractivity contribution in [2.75, 3.05) is 0 Å². The molecular weight excluding hydrogens is 220 g/mol. The average Bonchev–Trinajstić information content (AvgIpc) is 2.34. The maximum absolute atomic E-state index is 12.1. The molecule has 18 heavy (non-hydrogen) atoms. The Kier molecular flexibility index (Phi) is 3.49. The summed E-state index contributed by atoms with van der Waals surface area (Å²) in [5, 5.41) is 0. The molecule has 0 radical (unpaired) electrons. The SMILES string of the molecule is O=C(CC1CCC1)CC1CCCc2ccccc21. The van der Waals surface area contributed by atoms with Crippen molar-refractivity contribution in [3.8, 4) is 0 Å². The fourth-order valence-electron chi connectivity index (χ4n) is 3.44. The Morgan fingerprint density at radius 2 is 1.89 bits per heavy atom. The van der Waals surface area contributed by atoms with Crippen molar-refractivity contribution in [3.63, 3.8) is 0 Å². The second-order valence-electron chi connectivity index (χ2n) is 6.03. The monoisotopic (exact) mass is 242 g/mol. The predicted molar refractivity (Wildman–Crippen MR) is 73.7 cm³/mol. The van der Waals surface area contributed by atoms with Gasteiger partial charge in [0.1, 0.15) is 5.78 Å². The fourth-order valence-corrected chi connectivity index (χ4v) is 3.44. The van der Waals surface area contributed by atoms with Crippen molar-refractivity contribution in [2.24, 2.45) is 5.92 Å².